The molecule has 1 saturated heterocycles. The number of anilines is 2. The first-order chi connectivity index (χ1) is 12.5. The van der Waals surface area contributed by atoms with Gasteiger partial charge in [-0.15, -0.1) is 0 Å². The van der Waals surface area contributed by atoms with Crippen LogP contribution in [0.1, 0.15) is 38.8 Å². The normalized spacial score (nSPS) is 15.8. The van der Waals surface area contributed by atoms with E-state index in [2.05, 4.69) is 90.9 Å². The number of nitrogens with zero attached hydrogens (tertiary/aromatic N) is 3. The molecule has 0 unspecified atom stereocenters. The highest BCUT2D eigenvalue weighted by Crippen LogP contribution is 2.27. The third kappa shape index (κ3) is 3.92. The second kappa shape index (κ2) is 8.19. The molecular weight excluding hydrogens is 338 g/mol. The molecule has 3 rings (SSSR count). The predicted molar refractivity (Wildman–Crippen MR) is 116 cm³/mol. The zero-order valence-electron chi connectivity index (χ0n) is 16.3. The van der Waals surface area contributed by atoms with Crippen molar-refractivity contribution in [2.24, 2.45) is 0 Å². The van der Waals surface area contributed by atoms with Crippen LogP contribution in [0.4, 0.5) is 11.4 Å². The SMILES string of the molecule is CCc1ccc(N2CN(C(C)C)CN(c3ccc(CC)cc3)C2=S)cc1. The minimum Gasteiger partial charge on any atom is -0.305 e. The van der Waals surface area contributed by atoms with Crippen LogP contribution in [0.15, 0.2) is 48.5 Å². The Morgan fingerprint density at radius 1 is 0.769 bits per heavy atom. The van der Waals surface area contributed by atoms with Crippen LogP contribution >= 0.6 is 12.2 Å². The number of thiocarbonyl (C=S) groups is 1. The highest BCUT2D eigenvalue weighted by molar-refractivity contribution is 7.80. The van der Waals surface area contributed by atoms with Gasteiger partial charge in [0.2, 0.25) is 0 Å². The van der Waals surface area contributed by atoms with E-state index in [1.165, 1.54) is 11.1 Å². The van der Waals surface area contributed by atoms with Crippen molar-refractivity contribution in [3.8, 4) is 0 Å². The quantitative estimate of drug-likeness (QED) is 0.684. The first-order valence-electron chi connectivity index (χ1n) is 9.54. The monoisotopic (exact) mass is 367 g/mol. The molecule has 0 aromatic heterocycles. The highest BCUT2D eigenvalue weighted by atomic mass is 32.1. The predicted octanol–water partition coefficient (Wildman–Crippen LogP) is 5.05. The Kier molecular flexibility index (Phi) is 5.94. The van der Waals surface area contributed by atoms with Gasteiger partial charge in [-0.2, -0.15) is 0 Å². The number of hydrogen-bond acceptors (Lipinski definition) is 2. The summed E-state index contributed by atoms with van der Waals surface area (Å²) in [6.45, 7) is 10.5. The Morgan fingerprint density at radius 2 is 1.15 bits per heavy atom. The van der Waals surface area contributed by atoms with Gasteiger partial charge in [0.05, 0.1) is 13.3 Å². The van der Waals surface area contributed by atoms with Crippen LogP contribution in [-0.2, 0) is 12.8 Å². The van der Waals surface area contributed by atoms with Gasteiger partial charge in [0.15, 0.2) is 5.11 Å². The molecular formula is C22H29N3S. The molecule has 0 amide bonds. The second-order valence-corrected chi connectivity index (χ2v) is 7.51. The Morgan fingerprint density at radius 3 is 1.46 bits per heavy atom. The van der Waals surface area contributed by atoms with Gasteiger partial charge in [0, 0.05) is 17.4 Å². The Labute approximate surface area is 163 Å². The maximum absolute atomic E-state index is 5.90. The van der Waals surface area contributed by atoms with Crippen molar-refractivity contribution in [1.82, 2.24) is 4.90 Å². The lowest BCUT2D eigenvalue weighted by molar-refractivity contribution is 0.225. The van der Waals surface area contributed by atoms with Gasteiger partial charge in [-0.05, 0) is 74.3 Å². The molecule has 1 aliphatic heterocycles. The van der Waals surface area contributed by atoms with Crippen molar-refractivity contribution >= 4 is 28.7 Å². The molecule has 0 N–H and O–H groups in total. The van der Waals surface area contributed by atoms with Gasteiger partial charge in [-0.25, -0.2) is 0 Å². The summed E-state index contributed by atoms with van der Waals surface area (Å²) >= 11 is 5.90. The van der Waals surface area contributed by atoms with Crippen molar-refractivity contribution in [1.29, 1.82) is 0 Å². The van der Waals surface area contributed by atoms with E-state index >= 15 is 0 Å². The molecule has 1 aliphatic rings. The van der Waals surface area contributed by atoms with Crippen molar-refractivity contribution < 1.29 is 0 Å². The Balaban J connectivity index is 1.92. The molecule has 1 heterocycles. The maximum atomic E-state index is 5.90. The van der Waals surface area contributed by atoms with Crippen molar-refractivity contribution in [3.63, 3.8) is 0 Å². The molecule has 2 aromatic rings. The van der Waals surface area contributed by atoms with E-state index in [0.29, 0.717) is 6.04 Å². The molecule has 0 atom stereocenters. The number of hydrogen-bond donors (Lipinski definition) is 0. The second-order valence-electron chi connectivity index (χ2n) is 7.14. The van der Waals surface area contributed by atoms with Crippen LogP contribution < -0.4 is 9.80 Å². The summed E-state index contributed by atoms with van der Waals surface area (Å²) in [5, 5.41) is 0.871. The van der Waals surface area contributed by atoms with E-state index in [1.807, 2.05) is 0 Å². The van der Waals surface area contributed by atoms with Crippen LogP contribution in [0.5, 0.6) is 0 Å². The third-order valence-corrected chi connectivity index (χ3v) is 5.59. The van der Waals surface area contributed by atoms with E-state index in [9.17, 15) is 0 Å². The zero-order chi connectivity index (χ0) is 18.7. The van der Waals surface area contributed by atoms with Gasteiger partial charge in [0.1, 0.15) is 0 Å². The van der Waals surface area contributed by atoms with Crippen molar-refractivity contribution in [2.45, 2.75) is 46.6 Å². The third-order valence-electron chi connectivity index (χ3n) is 5.15. The fourth-order valence-electron chi connectivity index (χ4n) is 3.21. The minimum absolute atomic E-state index is 0.452. The molecule has 26 heavy (non-hydrogen) atoms. The fourth-order valence-corrected chi connectivity index (χ4v) is 3.53. The minimum atomic E-state index is 0.452. The maximum Gasteiger partial charge on any atom is 0.182 e. The molecule has 0 spiro atoms. The van der Waals surface area contributed by atoms with Crippen LogP contribution in [0, 0.1) is 0 Å². The smallest absolute Gasteiger partial charge is 0.182 e. The van der Waals surface area contributed by atoms with E-state index in [1.54, 1.807) is 0 Å². The molecule has 0 bridgehead atoms. The summed E-state index contributed by atoms with van der Waals surface area (Å²) in [6.07, 6.45) is 2.11. The van der Waals surface area contributed by atoms with Crippen LogP contribution in [-0.4, -0.2) is 29.4 Å². The van der Waals surface area contributed by atoms with Crippen molar-refractivity contribution in [2.75, 3.05) is 23.1 Å². The summed E-state index contributed by atoms with van der Waals surface area (Å²) < 4.78 is 0. The van der Waals surface area contributed by atoms with Gasteiger partial charge in [-0.3, -0.25) is 4.90 Å². The molecule has 0 aliphatic carbocycles. The van der Waals surface area contributed by atoms with E-state index in [-0.39, 0.29) is 0 Å². The van der Waals surface area contributed by atoms with Crippen LogP contribution in [0.2, 0.25) is 0 Å². The highest BCUT2D eigenvalue weighted by Gasteiger charge is 2.30. The first-order valence-corrected chi connectivity index (χ1v) is 9.95. The van der Waals surface area contributed by atoms with Gasteiger partial charge < -0.3 is 9.80 Å². The fraction of sp³-hybridized carbons (Fsp3) is 0.409. The molecule has 0 saturated carbocycles. The molecule has 1 fully saturated rings. The average Bonchev–Trinajstić information content (AvgIpc) is 2.68. The standard InChI is InChI=1S/C22H29N3S/c1-5-18-7-11-20(12-8-18)24-15-23(17(3)4)16-25(22(24)26)21-13-9-19(6-2)10-14-21/h7-14,17H,5-6,15-16H2,1-4H3. The summed E-state index contributed by atoms with van der Waals surface area (Å²) in [4.78, 5) is 6.93. The molecule has 3 nitrogen and oxygen atoms in total. The average molecular weight is 368 g/mol. The molecule has 4 heteroatoms. The van der Waals surface area contributed by atoms with E-state index < -0.39 is 0 Å². The molecule has 138 valence electrons. The summed E-state index contributed by atoms with van der Waals surface area (Å²) in [7, 11) is 0. The van der Waals surface area contributed by atoms with E-state index in [4.69, 9.17) is 12.2 Å². The van der Waals surface area contributed by atoms with Gasteiger partial charge >= 0.3 is 0 Å². The van der Waals surface area contributed by atoms with Gasteiger partial charge in [0.25, 0.3) is 0 Å². The zero-order valence-corrected chi connectivity index (χ0v) is 17.1. The summed E-state index contributed by atoms with van der Waals surface area (Å²) in [5.41, 5.74) is 5.02. The molecule has 2 aromatic carbocycles. The first kappa shape index (κ1) is 18.9. The molecule has 0 radical (unpaired) electrons. The summed E-state index contributed by atoms with van der Waals surface area (Å²) in [6, 6.07) is 18.0. The lowest BCUT2D eigenvalue weighted by atomic mass is 10.1. The number of benzene rings is 2. The van der Waals surface area contributed by atoms with Crippen LogP contribution in [0.25, 0.3) is 0 Å². The van der Waals surface area contributed by atoms with Gasteiger partial charge in [-0.1, -0.05) is 38.1 Å². The van der Waals surface area contributed by atoms with Crippen LogP contribution in [0.3, 0.4) is 0 Å². The number of rotatable bonds is 5. The summed E-state index contributed by atoms with van der Waals surface area (Å²) in [5.74, 6) is 0. The van der Waals surface area contributed by atoms with Crippen molar-refractivity contribution in [3.05, 3.63) is 59.7 Å². The number of aryl methyl sites for hydroxylation is 2. The largest absolute Gasteiger partial charge is 0.305 e. The Bertz CT molecular complexity index is 677. The Hall–Kier alpha value is -1.91. The topological polar surface area (TPSA) is 9.72 Å². The van der Waals surface area contributed by atoms with E-state index in [0.717, 1.165) is 42.7 Å². The lowest BCUT2D eigenvalue weighted by Gasteiger charge is -2.46. The lowest BCUT2D eigenvalue weighted by Crippen LogP contribution is -2.60.